The molecule has 4 nitrogen and oxygen atoms in total. The second kappa shape index (κ2) is 6.19. The number of piperidine rings is 1. The molecule has 1 aromatic rings. The number of hydrogen-bond acceptors (Lipinski definition) is 5. The zero-order chi connectivity index (χ0) is 12.1. The lowest BCUT2D eigenvalue weighted by Crippen LogP contribution is -2.39. The van der Waals surface area contributed by atoms with E-state index in [-0.39, 0.29) is 0 Å². The smallest absolute Gasteiger partial charge is 0.270 e. The number of anilines is 1. The Morgan fingerprint density at radius 2 is 2.24 bits per heavy atom. The Bertz CT molecular complexity index is 342. The third-order valence-corrected chi connectivity index (χ3v) is 3.76. The summed E-state index contributed by atoms with van der Waals surface area (Å²) >= 11 is 1.26. The van der Waals surface area contributed by atoms with E-state index < -0.39 is 0 Å². The topological polar surface area (TPSA) is 38.3 Å². The van der Waals surface area contributed by atoms with Gasteiger partial charge in [-0.25, -0.2) is 0 Å². The third-order valence-electron chi connectivity index (χ3n) is 3.26. The summed E-state index contributed by atoms with van der Waals surface area (Å²) in [5.74, 6) is 1.70. The molecule has 2 heterocycles. The molecule has 2 rings (SSSR count). The summed E-state index contributed by atoms with van der Waals surface area (Å²) in [4.78, 5) is 2.39. The van der Waals surface area contributed by atoms with Gasteiger partial charge in [-0.2, -0.15) is 4.37 Å². The van der Waals surface area contributed by atoms with E-state index in [1.54, 1.807) is 0 Å². The molecule has 1 fully saturated rings. The molecule has 0 aromatic carbocycles. The molecule has 0 spiro atoms. The van der Waals surface area contributed by atoms with Crippen molar-refractivity contribution < 1.29 is 4.74 Å². The molecule has 96 valence electrons. The maximum atomic E-state index is 5.67. The molecule has 17 heavy (non-hydrogen) atoms. The highest BCUT2D eigenvalue weighted by atomic mass is 32.1. The molecule has 0 radical (unpaired) electrons. The number of rotatable bonds is 5. The molecule has 0 amide bonds. The van der Waals surface area contributed by atoms with Crippen LogP contribution in [0, 0.1) is 0 Å². The van der Waals surface area contributed by atoms with Gasteiger partial charge in [-0.05, 0) is 32.1 Å². The number of ether oxygens (including phenoxy) is 1. The molecular weight excluding hydrogens is 234 g/mol. The van der Waals surface area contributed by atoms with Gasteiger partial charge >= 0.3 is 0 Å². The highest BCUT2D eigenvalue weighted by Gasteiger charge is 2.26. The average Bonchev–Trinajstić information content (AvgIpc) is 2.84. The minimum Gasteiger partial charge on any atom is -0.474 e. The molecule has 0 bridgehead atoms. The van der Waals surface area contributed by atoms with Crippen molar-refractivity contribution in [2.24, 2.45) is 0 Å². The van der Waals surface area contributed by atoms with Gasteiger partial charge in [0.2, 0.25) is 5.82 Å². The van der Waals surface area contributed by atoms with E-state index in [0.717, 1.165) is 31.3 Å². The fourth-order valence-electron chi connectivity index (χ4n) is 2.34. The second-order valence-electron chi connectivity index (χ2n) is 4.49. The monoisotopic (exact) mass is 255 g/mol. The Balaban J connectivity index is 2.11. The molecule has 5 heteroatoms. The molecule has 0 aliphatic carbocycles. The van der Waals surface area contributed by atoms with E-state index >= 15 is 0 Å². The van der Waals surface area contributed by atoms with E-state index in [0.29, 0.717) is 6.04 Å². The van der Waals surface area contributed by atoms with Crippen LogP contribution in [0.25, 0.3) is 0 Å². The third kappa shape index (κ3) is 2.89. The maximum absolute atomic E-state index is 5.67. The first-order valence-electron chi connectivity index (χ1n) is 6.58. The van der Waals surface area contributed by atoms with Crippen molar-refractivity contribution in [3.8, 4) is 5.88 Å². The molecule has 1 saturated heterocycles. The molecule has 1 atom stereocenters. The summed E-state index contributed by atoms with van der Waals surface area (Å²) in [7, 11) is 0. The summed E-state index contributed by atoms with van der Waals surface area (Å²) in [6.45, 7) is 6.17. The molecule has 1 aliphatic rings. The van der Waals surface area contributed by atoms with E-state index in [2.05, 4.69) is 27.5 Å². The van der Waals surface area contributed by atoms with Crippen LogP contribution in [0.3, 0.4) is 0 Å². The highest BCUT2D eigenvalue weighted by molar-refractivity contribution is 6.99. The van der Waals surface area contributed by atoms with Gasteiger partial charge < -0.3 is 9.64 Å². The van der Waals surface area contributed by atoms with Crippen LogP contribution in [0.5, 0.6) is 5.88 Å². The largest absolute Gasteiger partial charge is 0.474 e. The van der Waals surface area contributed by atoms with Crippen LogP contribution in [0.1, 0.15) is 46.0 Å². The van der Waals surface area contributed by atoms with E-state index in [1.165, 1.54) is 37.4 Å². The first-order chi connectivity index (χ1) is 8.36. The Hall–Kier alpha value is -0.840. The molecule has 1 aliphatic heterocycles. The van der Waals surface area contributed by atoms with Crippen molar-refractivity contribution in [2.45, 2.75) is 52.0 Å². The first-order valence-corrected chi connectivity index (χ1v) is 7.31. The van der Waals surface area contributed by atoms with Gasteiger partial charge in [0.1, 0.15) is 0 Å². The van der Waals surface area contributed by atoms with Gasteiger partial charge in [0.25, 0.3) is 5.88 Å². The predicted molar refractivity (Wildman–Crippen MR) is 71.0 cm³/mol. The normalized spacial score (nSPS) is 20.6. The van der Waals surface area contributed by atoms with Crippen LogP contribution >= 0.6 is 11.7 Å². The number of nitrogens with zero attached hydrogens (tertiary/aromatic N) is 3. The maximum Gasteiger partial charge on any atom is 0.270 e. The van der Waals surface area contributed by atoms with E-state index in [4.69, 9.17) is 4.74 Å². The zero-order valence-electron chi connectivity index (χ0n) is 10.7. The van der Waals surface area contributed by atoms with Crippen molar-refractivity contribution >= 4 is 17.5 Å². The van der Waals surface area contributed by atoms with Gasteiger partial charge in [-0.1, -0.05) is 13.8 Å². The Kier molecular flexibility index (Phi) is 4.59. The molecule has 1 aromatic heterocycles. The summed E-state index contributed by atoms with van der Waals surface area (Å²) in [6, 6.07) is 0.608. The van der Waals surface area contributed by atoms with Crippen LogP contribution in [-0.2, 0) is 0 Å². The van der Waals surface area contributed by atoms with Crippen LogP contribution in [0.15, 0.2) is 0 Å². The Morgan fingerprint density at radius 1 is 1.35 bits per heavy atom. The van der Waals surface area contributed by atoms with E-state index in [1.807, 2.05) is 0 Å². The lowest BCUT2D eigenvalue weighted by atomic mass is 10.0. The second-order valence-corrected chi connectivity index (χ2v) is 5.02. The van der Waals surface area contributed by atoms with Crippen LogP contribution in [0.2, 0.25) is 0 Å². The number of aromatic nitrogens is 2. The van der Waals surface area contributed by atoms with Crippen molar-refractivity contribution in [1.29, 1.82) is 0 Å². The van der Waals surface area contributed by atoms with Crippen molar-refractivity contribution in [1.82, 2.24) is 8.75 Å². The zero-order valence-corrected chi connectivity index (χ0v) is 11.5. The summed E-state index contributed by atoms with van der Waals surface area (Å²) in [6.07, 6.45) is 6.03. The average molecular weight is 255 g/mol. The van der Waals surface area contributed by atoms with Crippen LogP contribution in [0.4, 0.5) is 5.82 Å². The fourth-order valence-corrected chi connectivity index (χ4v) is 2.85. The molecule has 0 saturated carbocycles. The van der Waals surface area contributed by atoms with Gasteiger partial charge in [0.05, 0.1) is 18.3 Å². The van der Waals surface area contributed by atoms with Crippen molar-refractivity contribution in [3.63, 3.8) is 0 Å². The lowest BCUT2D eigenvalue weighted by molar-refractivity contribution is 0.306. The Morgan fingerprint density at radius 3 is 3.00 bits per heavy atom. The van der Waals surface area contributed by atoms with Gasteiger partial charge in [0, 0.05) is 12.6 Å². The first kappa shape index (κ1) is 12.6. The fraction of sp³-hybridized carbons (Fsp3) is 0.833. The quantitative estimate of drug-likeness (QED) is 0.810. The van der Waals surface area contributed by atoms with Crippen molar-refractivity contribution in [3.05, 3.63) is 0 Å². The minimum absolute atomic E-state index is 0.608. The van der Waals surface area contributed by atoms with Crippen LogP contribution in [-0.4, -0.2) is 27.9 Å². The summed E-state index contributed by atoms with van der Waals surface area (Å²) in [5, 5.41) is 0. The molecule has 0 N–H and O–H groups in total. The van der Waals surface area contributed by atoms with Gasteiger partial charge in [-0.15, -0.1) is 4.37 Å². The Labute approximate surface area is 107 Å². The van der Waals surface area contributed by atoms with Crippen molar-refractivity contribution in [2.75, 3.05) is 18.1 Å². The standard InChI is InChI=1S/C12H21N3OS/c1-3-9-16-12-11(13-17-14-12)15-8-6-5-7-10(15)4-2/h10H,3-9H2,1-2H3. The predicted octanol–water partition coefficient (Wildman–Crippen LogP) is 3.10. The summed E-state index contributed by atoms with van der Waals surface area (Å²) < 4.78 is 14.4. The van der Waals surface area contributed by atoms with Crippen LogP contribution < -0.4 is 9.64 Å². The highest BCUT2D eigenvalue weighted by Crippen LogP contribution is 2.32. The SMILES string of the molecule is CCCOc1nsnc1N1CCCCC1CC. The van der Waals surface area contributed by atoms with Gasteiger partial charge in [0.15, 0.2) is 0 Å². The molecule has 1 unspecified atom stereocenters. The minimum atomic E-state index is 0.608. The van der Waals surface area contributed by atoms with E-state index in [9.17, 15) is 0 Å². The summed E-state index contributed by atoms with van der Waals surface area (Å²) in [5.41, 5.74) is 0. The lowest BCUT2D eigenvalue weighted by Gasteiger charge is -2.35. The molecular formula is C12H21N3OS. The number of hydrogen-bond donors (Lipinski definition) is 0. The van der Waals surface area contributed by atoms with Gasteiger partial charge in [-0.3, -0.25) is 0 Å².